The van der Waals surface area contributed by atoms with Crippen molar-refractivity contribution in [2.75, 3.05) is 26.2 Å². The number of carbonyl (C=O) groups excluding carboxylic acids is 5. The zero-order valence-electron chi connectivity index (χ0n) is 44.2. The van der Waals surface area contributed by atoms with E-state index in [1.165, 1.54) is 26.0 Å². The van der Waals surface area contributed by atoms with E-state index in [0.29, 0.717) is 51.4 Å². The number of allylic oxidation sites excluding steroid dienone is 4. The number of aliphatic hydroxyl groups is 3. The van der Waals surface area contributed by atoms with E-state index < -0.39 is 101 Å². The number of aromatic hydroxyl groups is 1. The van der Waals surface area contributed by atoms with Gasteiger partial charge in [0, 0.05) is 121 Å². The number of aliphatic imine (C=N–C) groups is 1. The minimum atomic E-state index is -2.09. The number of rotatable bonds is 5. The van der Waals surface area contributed by atoms with Crippen molar-refractivity contribution >= 4 is 46.0 Å². The van der Waals surface area contributed by atoms with Gasteiger partial charge in [0.1, 0.15) is 35.4 Å². The maximum atomic E-state index is 14.9. The standard InChI is InChI=1S/C57H70N6O12/c1-28(2)26-62-22-19-57(20-23-62)60-45-42-43-50(69)34(8)53-44(42)54(71)56(9,75-53)73-24-18-39(64)31(5)52(74-41(66)25-40(65)63-21-17-38-36(27-63)35-15-10-11-16-37(35)58-38)33(7)49(68)32(6)48(67)29(3)13-12-14-30(4)55(72)59-47(51(43)70)46(45)61-57/h10-16,18,24,28-29,31-33,39,48-49,52,58,61,64,67-69H,17,19-23,25-27H2,1-9H3,(H,59,72)/b13-12+,24-18+,30-14-/t29-,31+,32+,33+,39-,48-,49+,52+,56-/m0/s1. The summed E-state index contributed by atoms with van der Waals surface area (Å²) in [5.74, 6) is -8.85. The average molecular weight is 1030 g/mol. The van der Waals surface area contributed by atoms with Crippen LogP contribution < -0.4 is 15.4 Å². The highest BCUT2D eigenvalue weighted by molar-refractivity contribution is 6.34. The monoisotopic (exact) mass is 1030 g/mol. The number of amides is 2. The molecule has 1 saturated heterocycles. The molecule has 1 spiro atoms. The number of aromatic amines is 1. The molecule has 1 aliphatic carbocycles. The summed E-state index contributed by atoms with van der Waals surface area (Å²) in [6, 6.07) is 7.82. The number of ether oxygens (including phenoxy) is 3. The Kier molecular flexibility index (Phi) is 14.6. The lowest BCUT2D eigenvalue weighted by molar-refractivity contribution is -0.165. The largest absolute Gasteiger partial charge is 0.507 e. The van der Waals surface area contributed by atoms with Crippen molar-refractivity contribution in [1.29, 1.82) is 0 Å². The molecule has 75 heavy (non-hydrogen) atoms. The van der Waals surface area contributed by atoms with Crippen molar-refractivity contribution in [3.63, 3.8) is 0 Å². The number of Topliss-reactive ketones (excluding diaryl/α,β-unsaturated/α-hetero) is 2. The van der Waals surface area contributed by atoms with Crippen LogP contribution in [0.2, 0.25) is 0 Å². The highest BCUT2D eigenvalue weighted by Crippen LogP contribution is 2.50. The van der Waals surface area contributed by atoms with Crippen molar-refractivity contribution in [2.45, 2.75) is 130 Å². The van der Waals surface area contributed by atoms with Gasteiger partial charge in [0.15, 0.2) is 0 Å². The smallest absolute Gasteiger partial charge is 0.315 e. The van der Waals surface area contributed by atoms with E-state index in [1.54, 1.807) is 51.7 Å². The Labute approximate surface area is 436 Å². The molecule has 9 atom stereocenters. The van der Waals surface area contributed by atoms with Gasteiger partial charge in [-0.15, -0.1) is 0 Å². The van der Waals surface area contributed by atoms with Gasteiger partial charge in [0.2, 0.25) is 11.7 Å². The van der Waals surface area contributed by atoms with E-state index in [0.717, 1.165) is 35.0 Å². The Morgan fingerprint density at radius 3 is 2.36 bits per heavy atom. The quantitative estimate of drug-likeness (QED) is 0.125. The van der Waals surface area contributed by atoms with Crippen LogP contribution in [-0.2, 0) is 36.8 Å². The van der Waals surface area contributed by atoms with Crippen molar-refractivity contribution in [2.24, 2.45) is 34.6 Å². The number of esters is 1. The number of benzene rings is 2. The number of H-pyrrole nitrogens is 1. The molecule has 6 aliphatic heterocycles. The molecule has 2 amide bonds. The molecule has 3 aromatic rings. The molecule has 2 aromatic carbocycles. The van der Waals surface area contributed by atoms with Crippen molar-refractivity contribution in [3.05, 3.63) is 105 Å². The molecule has 1 aromatic heterocycles. The number of fused-ring (bicyclic) bond motifs is 16. The van der Waals surface area contributed by atoms with E-state index in [9.17, 15) is 44.4 Å². The number of phenols is 1. The van der Waals surface area contributed by atoms with E-state index in [-0.39, 0.29) is 50.7 Å². The zero-order chi connectivity index (χ0) is 54.0. The van der Waals surface area contributed by atoms with Gasteiger partial charge in [-0.2, -0.15) is 0 Å². The van der Waals surface area contributed by atoms with E-state index in [1.807, 2.05) is 24.3 Å². The number of nitrogens with one attached hydrogen (secondary N) is 3. The van der Waals surface area contributed by atoms with Gasteiger partial charge in [-0.05, 0) is 31.9 Å². The molecule has 0 unspecified atom stereocenters. The second-order valence-electron chi connectivity index (χ2n) is 22.1. The molecule has 1 fully saturated rings. The van der Waals surface area contributed by atoms with Crippen LogP contribution in [0.15, 0.2) is 76.8 Å². The first kappa shape index (κ1) is 53.2. The summed E-state index contributed by atoms with van der Waals surface area (Å²) in [6.07, 6.45) is 3.03. The Morgan fingerprint density at radius 1 is 0.920 bits per heavy atom. The van der Waals surface area contributed by atoms with Gasteiger partial charge < -0.3 is 60.1 Å². The first-order chi connectivity index (χ1) is 35.5. The number of phenolic OH excluding ortho intramolecular Hbond substituents is 1. The van der Waals surface area contributed by atoms with Crippen LogP contribution in [0.4, 0.5) is 0 Å². The third kappa shape index (κ3) is 9.81. The molecule has 400 valence electrons. The Balaban J connectivity index is 1.04. The Morgan fingerprint density at radius 2 is 1.64 bits per heavy atom. The number of hydrogen-bond donors (Lipinski definition) is 7. The van der Waals surface area contributed by atoms with Crippen LogP contribution in [0.25, 0.3) is 10.9 Å². The first-order valence-corrected chi connectivity index (χ1v) is 26.2. The maximum absolute atomic E-state index is 14.9. The van der Waals surface area contributed by atoms with E-state index in [4.69, 9.17) is 19.2 Å². The van der Waals surface area contributed by atoms with Crippen LogP contribution in [0.1, 0.15) is 118 Å². The lowest BCUT2D eigenvalue weighted by Gasteiger charge is -2.38. The summed E-state index contributed by atoms with van der Waals surface area (Å²) < 4.78 is 18.4. The van der Waals surface area contributed by atoms with Crippen LogP contribution in [-0.4, -0.2) is 132 Å². The summed E-state index contributed by atoms with van der Waals surface area (Å²) in [4.78, 5) is 84.0. The van der Waals surface area contributed by atoms with Gasteiger partial charge in [0.25, 0.3) is 11.7 Å². The average Bonchev–Trinajstić information content (AvgIpc) is 4.08. The fourth-order valence-electron chi connectivity index (χ4n) is 11.6. The SMILES string of the molecule is C/C1=C/C=C/[C@H](C)[C@H](O)[C@@H](C)[C@@H](O)[C@@H](C)[C@H](OC(=O)CC(=O)N2CCc3[nH]c4ccccc4c3C2)[C@H](C)[C@@H](O)/C=C/O[C@@]2(C)Oc3c(C)c(O)c4c(c3C2=O)C2=NC3(CCN(CC(C)C)CC3)NC2=C(NC1=O)C4=O. The topological polar surface area (TPSA) is 253 Å². The minimum absolute atomic E-state index is 0.0338. The van der Waals surface area contributed by atoms with Crippen molar-refractivity contribution in [1.82, 2.24) is 25.4 Å². The molecule has 7 aliphatic rings. The predicted octanol–water partition coefficient (Wildman–Crippen LogP) is 5.40. The molecular weight excluding hydrogens is 961 g/mol. The summed E-state index contributed by atoms with van der Waals surface area (Å²) in [7, 11) is 0. The Bertz CT molecular complexity index is 3000. The molecule has 5 bridgehead atoms. The summed E-state index contributed by atoms with van der Waals surface area (Å²) in [5, 5.41) is 54.6. The molecular formula is C57H70N6O12. The third-order valence-corrected chi connectivity index (χ3v) is 16.2. The van der Waals surface area contributed by atoms with Crippen LogP contribution in [0.3, 0.4) is 0 Å². The number of aliphatic hydroxyl groups excluding tert-OH is 3. The minimum Gasteiger partial charge on any atom is -0.507 e. The van der Waals surface area contributed by atoms with Gasteiger partial charge in [-0.1, -0.05) is 78.0 Å². The van der Waals surface area contributed by atoms with Gasteiger partial charge >= 0.3 is 11.8 Å². The molecule has 18 nitrogen and oxygen atoms in total. The highest BCUT2D eigenvalue weighted by Gasteiger charge is 2.54. The zero-order valence-corrected chi connectivity index (χ0v) is 44.2. The number of aromatic nitrogens is 1. The summed E-state index contributed by atoms with van der Waals surface area (Å²) >= 11 is 0. The number of piperidine rings is 1. The lowest BCUT2D eigenvalue weighted by Crippen LogP contribution is -2.50. The lowest BCUT2D eigenvalue weighted by atomic mass is 9.78. The number of hydrogen-bond acceptors (Lipinski definition) is 15. The number of likely N-dealkylation sites (tertiary alicyclic amines) is 1. The third-order valence-electron chi connectivity index (χ3n) is 16.2. The molecule has 10 rings (SSSR count). The summed E-state index contributed by atoms with van der Waals surface area (Å²) in [6.45, 7) is 18.3. The highest BCUT2D eigenvalue weighted by atomic mass is 16.7. The number of para-hydroxylation sites is 1. The molecule has 0 radical (unpaired) electrons. The fraction of sp³-hybridized carbons (Fsp3) is 0.509. The van der Waals surface area contributed by atoms with Gasteiger partial charge in [-0.3, -0.25) is 29.0 Å². The second-order valence-corrected chi connectivity index (χ2v) is 22.1. The summed E-state index contributed by atoms with van der Waals surface area (Å²) in [5.41, 5.74) is 2.37. The van der Waals surface area contributed by atoms with Crippen LogP contribution in [0.5, 0.6) is 11.5 Å². The molecule has 18 heteroatoms. The second kappa shape index (κ2) is 20.5. The number of carbonyl (C=O) groups is 5. The van der Waals surface area contributed by atoms with E-state index in [2.05, 4.69) is 34.4 Å². The first-order valence-electron chi connectivity index (χ1n) is 26.2. The van der Waals surface area contributed by atoms with Gasteiger partial charge in [0.05, 0.1) is 47.1 Å². The Hall–Kier alpha value is -6.60. The van der Waals surface area contributed by atoms with Crippen LogP contribution >= 0.6 is 0 Å². The number of ketones is 2. The van der Waals surface area contributed by atoms with Gasteiger partial charge in [-0.25, -0.2) is 0 Å². The van der Waals surface area contributed by atoms with E-state index >= 15 is 0 Å². The van der Waals surface area contributed by atoms with Crippen LogP contribution in [0, 0.1) is 36.5 Å². The molecule has 0 saturated carbocycles. The van der Waals surface area contributed by atoms with Crippen molar-refractivity contribution in [3.8, 4) is 11.5 Å². The normalized spacial score (nSPS) is 30.7. The predicted molar refractivity (Wildman–Crippen MR) is 278 cm³/mol. The molecule has 7 heterocycles. The number of nitrogens with zero attached hydrogens (tertiary/aromatic N) is 3. The maximum Gasteiger partial charge on any atom is 0.315 e. The molecule has 7 N–H and O–H groups in total. The fourth-order valence-corrected chi connectivity index (χ4v) is 11.6. The van der Waals surface area contributed by atoms with Crippen molar-refractivity contribution < 1.29 is 58.6 Å².